The van der Waals surface area contributed by atoms with Crippen molar-refractivity contribution in [3.63, 3.8) is 0 Å². The van der Waals surface area contributed by atoms with E-state index in [0.29, 0.717) is 11.5 Å². The fraction of sp³-hybridized carbons (Fsp3) is 0.385. The zero-order valence-electron chi connectivity index (χ0n) is 11.0. The molecule has 1 heterocycles. The molecule has 0 unspecified atom stereocenters. The Morgan fingerprint density at radius 3 is 2.89 bits per heavy atom. The minimum absolute atomic E-state index is 0.196. The summed E-state index contributed by atoms with van der Waals surface area (Å²) in [6.45, 7) is 5.62. The van der Waals surface area contributed by atoms with Gasteiger partial charge in [0.25, 0.3) is 0 Å². The van der Waals surface area contributed by atoms with Crippen LogP contribution in [0.4, 0.5) is 4.79 Å². The third-order valence-electron chi connectivity index (χ3n) is 2.18. The Bertz CT molecular complexity index is 601. The fourth-order valence-corrected chi connectivity index (χ4v) is 1.82. The Labute approximate surface area is 119 Å². The molecule has 5 nitrogen and oxygen atoms in total. The number of carbonyl (C=O) groups is 1. The number of carbonyl (C=O) groups excluding carboxylic acids is 1. The molecule has 0 radical (unpaired) electrons. The second-order valence-corrected chi connectivity index (χ2v) is 5.99. The van der Waals surface area contributed by atoms with Crippen molar-refractivity contribution in [2.75, 3.05) is 0 Å². The summed E-state index contributed by atoms with van der Waals surface area (Å²) >= 11 is 3.36. The van der Waals surface area contributed by atoms with Crippen LogP contribution in [0, 0.1) is 0 Å². The van der Waals surface area contributed by atoms with Crippen LogP contribution in [0.2, 0.25) is 0 Å². The maximum Gasteiger partial charge on any atom is 0.408 e. The van der Waals surface area contributed by atoms with Crippen molar-refractivity contribution in [1.82, 2.24) is 10.3 Å². The standard InChI is InChI=1S/C13H15BrN2O3/c1-13(2,3)19-12(17)15-7-11-16-9-5-4-8(14)6-10(9)18-11/h4-6H,7H2,1-3H3,(H,15,17). The van der Waals surface area contributed by atoms with Gasteiger partial charge in [0, 0.05) is 4.47 Å². The van der Waals surface area contributed by atoms with E-state index in [-0.39, 0.29) is 6.54 Å². The number of nitrogens with zero attached hydrogens (tertiary/aromatic N) is 1. The maximum absolute atomic E-state index is 11.5. The highest BCUT2D eigenvalue weighted by Gasteiger charge is 2.16. The van der Waals surface area contributed by atoms with Crippen molar-refractivity contribution in [3.8, 4) is 0 Å². The summed E-state index contributed by atoms with van der Waals surface area (Å²) in [5.41, 5.74) is 0.913. The van der Waals surface area contributed by atoms with Crippen molar-refractivity contribution in [2.24, 2.45) is 0 Å². The highest BCUT2D eigenvalue weighted by molar-refractivity contribution is 9.10. The predicted octanol–water partition coefficient (Wildman–Crippen LogP) is 3.62. The van der Waals surface area contributed by atoms with Crippen LogP contribution < -0.4 is 5.32 Å². The Morgan fingerprint density at radius 2 is 2.21 bits per heavy atom. The third kappa shape index (κ3) is 3.96. The number of ether oxygens (including phenoxy) is 1. The average Bonchev–Trinajstić information content (AvgIpc) is 2.66. The zero-order chi connectivity index (χ0) is 14.0. The van der Waals surface area contributed by atoms with Crippen LogP contribution in [0.15, 0.2) is 27.1 Å². The molecule has 0 saturated heterocycles. The van der Waals surface area contributed by atoms with Crippen LogP contribution in [0.3, 0.4) is 0 Å². The van der Waals surface area contributed by atoms with E-state index in [2.05, 4.69) is 26.2 Å². The quantitative estimate of drug-likeness (QED) is 0.915. The molecular weight excluding hydrogens is 312 g/mol. The summed E-state index contributed by atoms with van der Waals surface area (Å²) in [6, 6.07) is 5.56. The van der Waals surface area contributed by atoms with Gasteiger partial charge in [0.05, 0.1) is 6.54 Å². The summed E-state index contributed by atoms with van der Waals surface area (Å²) in [5, 5.41) is 2.60. The van der Waals surface area contributed by atoms with Gasteiger partial charge in [-0.05, 0) is 39.0 Å². The number of hydrogen-bond acceptors (Lipinski definition) is 4. The van der Waals surface area contributed by atoms with Crippen molar-refractivity contribution < 1.29 is 13.9 Å². The fourth-order valence-electron chi connectivity index (χ4n) is 1.48. The number of fused-ring (bicyclic) bond motifs is 1. The molecule has 1 amide bonds. The van der Waals surface area contributed by atoms with E-state index in [1.807, 2.05) is 39.0 Å². The summed E-state index contributed by atoms with van der Waals surface area (Å²) < 4.78 is 11.6. The minimum Gasteiger partial charge on any atom is -0.444 e. The Morgan fingerprint density at radius 1 is 1.47 bits per heavy atom. The molecular formula is C13H15BrN2O3. The highest BCUT2D eigenvalue weighted by atomic mass is 79.9. The number of oxazole rings is 1. The van der Waals surface area contributed by atoms with E-state index in [1.54, 1.807) is 0 Å². The van der Waals surface area contributed by atoms with E-state index >= 15 is 0 Å². The number of hydrogen-bond donors (Lipinski definition) is 1. The van der Waals surface area contributed by atoms with Crippen molar-refractivity contribution in [3.05, 3.63) is 28.6 Å². The molecule has 0 saturated carbocycles. The second-order valence-electron chi connectivity index (χ2n) is 5.08. The van der Waals surface area contributed by atoms with Gasteiger partial charge in [-0.15, -0.1) is 0 Å². The molecule has 2 rings (SSSR count). The molecule has 2 aromatic rings. The molecule has 0 aliphatic heterocycles. The van der Waals surface area contributed by atoms with Gasteiger partial charge >= 0.3 is 6.09 Å². The number of rotatable bonds is 2. The normalized spacial score (nSPS) is 11.6. The average molecular weight is 327 g/mol. The van der Waals surface area contributed by atoms with Crippen LogP contribution >= 0.6 is 15.9 Å². The van der Waals surface area contributed by atoms with Gasteiger partial charge in [-0.1, -0.05) is 15.9 Å². The van der Waals surface area contributed by atoms with Crippen LogP contribution in [0.5, 0.6) is 0 Å². The lowest BCUT2D eigenvalue weighted by Gasteiger charge is -2.19. The summed E-state index contributed by atoms with van der Waals surface area (Å²) in [7, 11) is 0. The number of benzene rings is 1. The Balaban J connectivity index is 2.00. The summed E-state index contributed by atoms with van der Waals surface area (Å²) in [4.78, 5) is 15.8. The first-order chi connectivity index (χ1) is 8.83. The van der Waals surface area contributed by atoms with E-state index in [1.165, 1.54) is 0 Å². The molecule has 0 aliphatic carbocycles. The smallest absolute Gasteiger partial charge is 0.408 e. The SMILES string of the molecule is CC(C)(C)OC(=O)NCc1nc2ccc(Br)cc2o1. The molecule has 0 atom stereocenters. The molecule has 1 aromatic carbocycles. The van der Waals surface area contributed by atoms with Gasteiger partial charge in [0.1, 0.15) is 11.1 Å². The van der Waals surface area contributed by atoms with Crippen molar-refractivity contribution in [2.45, 2.75) is 32.9 Å². The molecule has 0 fully saturated rings. The predicted molar refractivity (Wildman–Crippen MR) is 74.8 cm³/mol. The number of aromatic nitrogens is 1. The van der Waals surface area contributed by atoms with Crippen LogP contribution in [0.25, 0.3) is 11.1 Å². The maximum atomic E-state index is 11.5. The van der Waals surface area contributed by atoms with Gasteiger partial charge in [0.2, 0.25) is 5.89 Å². The van der Waals surface area contributed by atoms with Gasteiger partial charge in [-0.2, -0.15) is 0 Å². The molecule has 102 valence electrons. The van der Waals surface area contributed by atoms with Gasteiger partial charge < -0.3 is 14.5 Å². The lowest BCUT2D eigenvalue weighted by atomic mass is 10.2. The molecule has 0 spiro atoms. The molecule has 0 bridgehead atoms. The molecule has 1 N–H and O–H groups in total. The molecule has 0 aliphatic rings. The first-order valence-corrected chi connectivity index (χ1v) is 6.64. The highest BCUT2D eigenvalue weighted by Crippen LogP contribution is 2.20. The lowest BCUT2D eigenvalue weighted by molar-refractivity contribution is 0.0519. The van der Waals surface area contributed by atoms with Crippen LogP contribution in [-0.2, 0) is 11.3 Å². The lowest BCUT2D eigenvalue weighted by Crippen LogP contribution is -2.32. The van der Waals surface area contributed by atoms with Crippen LogP contribution in [0.1, 0.15) is 26.7 Å². The first-order valence-electron chi connectivity index (χ1n) is 5.85. The van der Waals surface area contributed by atoms with E-state index in [4.69, 9.17) is 9.15 Å². The van der Waals surface area contributed by atoms with Crippen molar-refractivity contribution >= 4 is 33.1 Å². The first kappa shape index (κ1) is 13.9. The summed E-state index contributed by atoms with van der Waals surface area (Å²) in [5.74, 6) is 0.443. The van der Waals surface area contributed by atoms with Crippen molar-refractivity contribution in [1.29, 1.82) is 0 Å². The number of amides is 1. The topological polar surface area (TPSA) is 64.4 Å². The minimum atomic E-state index is -0.518. The summed E-state index contributed by atoms with van der Waals surface area (Å²) in [6.07, 6.45) is -0.490. The van der Waals surface area contributed by atoms with Gasteiger partial charge in [-0.25, -0.2) is 9.78 Å². The van der Waals surface area contributed by atoms with Gasteiger partial charge in [0.15, 0.2) is 5.58 Å². The van der Waals surface area contributed by atoms with E-state index < -0.39 is 11.7 Å². The molecule has 19 heavy (non-hydrogen) atoms. The third-order valence-corrected chi connectivity index (χ3v) is 2.67. The second kappa shape index (κ2) is 5.21. The van der Waals surface area contributed by atoms with E-state index in [0.717, 1.165) is 9.99 Å². The van der Waals surface area contributed by atoms with Gasteiger partial charge in [-0.3, -0.25) is 0 Å². The molecule has 6 heteroatoms. The number of alkyl carbamates (subject to hydrolysis) is 1. The number of nitrogens with one attached hydrogen (secondary N) is 1. The Hall–Kier alpha value is -1.56. The van der Waals surface area contributed by atoms with Crippen LogP contribution in [-0.4, -0.2) is 16.7 Å². The number of halogens is 1. The Kier molecular flexibility index (Phi) is 3.80. The zero-order valence-corrected chi connectivity index (χ0v) is 12.6. The largest absolute Gasteiger partial charge is 0.444 e. The monoisotopic (exact) mass is 326 g/mol. The molecule has 1 aromatic heterocycles. The van der Waals surface area contributed by atoms with E-state index in [9.17, 15) is 4.79 Å².